The lowest BCUT2D eigenvalue weighted by atomic mass is 10.1. The number of carbonyl (C=O) groups is 3. The van der Waals surface area contributed by atoms with E-state index < -0.39 is 6.04 Å². The lowest BCUT2D eigenvalue weighted by Crippen LogP contribution is -2.50. The van der Waals surface area contributed by atoms with E-state index in [1.54, 1.807) is 36.3 Å². The number of nitrogens with zero attached hydrogens (tertiary/aromatic N) is 3. The molecule has 1 aliphatic carbocycles. The lowest BCUT2D eigenvalue weighted by Gasteiger charge is -2.32. The summed E-state index contributed by atoms with van der Waals surface area (Å²) in [6, 6.07) is 6.10. The molecule has 0 radical (unpaired) electrons. The third-order valence-corrected chi connectivity index (χ3v) is 5.80. The van der Waals surface area contributed by atoms with Crippen LogP contribution >= 0.6 is 0 Å². The zero-order valence-electron chi connectivity index (χ0n) is 16.7. The van der Waals surface area contributed by atoms with Gasteiger partial charge in [0.1, 0.15) is 11.8 Å². The van der Waals surface area contributed by atoms with Crippen LogP contribution in [-0.2, 0) is 19.1 Å². The van der Waals surface area contributed by atoms with Crippen LogP contribution in [-0.4, -0.2) is 80.1 Å². The molecule has 0 bridgehead atoms. The summed E-state index contributed by atoms with van der Waals surface area (Å²) < 4.78 is 10.5. The molecule has 3 amide bonds. The van der Waals surface area contributed by atoms with Crippen molar-refractivity contribution in [2.75, 3.05) is 51.4 Å². The Labute approximate surface area is 170 Å². The quantitative estimate of drug-likeness (QED) is 0.632. The lowest BCUT2D eigenvalue weighted by molar-refractivity contribution is -0.139. The number of rotatable bonds is 7. The number of amides is 3. The summed E-state index contributed by atoms with van der Waals surface area (Å²) in [5.41, 5.74) is 0.510. The van der Waals surface area contributed by atoms with Crippen molar-refractivity contribution in [2.45, 2.75) is 25.3 Å². The largest absolute Gasteiger partial charge is 0.497 e. The number of morpholine rings is 1. The number of anilines is 1. The van der Waals surface area contributed by atoms with Gasteiger partial charge in [-0.3, -0.25) is 19.3 Å². The number of hydrogen-bond donors (Lipinski definition) is 0. The van der Waals surface area contributed by atoms with Crippen LogP contribution in [0.4, 0.5) is 5.69 Å². The zero-order chi connectivity index (χ0) is 20.4. The number of hydrogen-bond acceptors (Lipinski definition) is 6. The summed E-state index contributed by atoms with van der Waals surface area (Å²) in [4.78, 5) is 43.8. The summed E-state index contributed by atoms with van der Waals surface area (Å²) in [5.74, 6) is 0.0559. The van der Waals surface area contributed by atoms with Crippen LogP contribution in [0.25, 0.3) is 0 Å². The van der Waals surface area contributed by atoms with Crippen LogP contribution in [0.2, 0.25) is 0 Å². The van der Waals surface area contributed by atoms with Gasteiger partial charge in [0.25, 0.3) is 5.91 Å². The third kappa shape index (κ3) is 4.28. The molecule has 1 aromatic rings. The molecule has 2 heterocycles. The van der Waals surface area contributed by atoms with Crippen molar-refractivity contribution in [1.82, 2.24) is 9.80 Å². The average Bonchev–Trinajstić information content (AvgIpc) is 3.55. The van der Waals surface area contributed by atoms with Gasteiger partial charge in [-0.15, -0.1) is 0 Å². The smallest absolute Gasteiger partial charge is 0.257 e. The normalized spacial score (nSPS) is 22.8. The Morgan fingerprint density at radius 3 is 2.48 bits per heavy atom. The maximum absolute atomic E-state index is 13.2. The average molecular weight is 401 g/mol. The molecule has 1 unspecified atom stereocenters. The van der Waals surface area contributed by atoms with Crippen LogP contribution in [0.3, 0.4) is 0 Å². The van der Waals surface area contributed by atoms with Gasteiger partial charge in [0.2, 0.25) is 11.8 Å². The molecule has 2 saturated heterocycles. The van der Waals surface area contributed by atoms with Gasteiger partial charge in [0.15, 0.2) is 0 Å². The Bertz CT molecular complexity index is 771. The molecule has 1 saturated carbocycles. The highest BCUT2D eigenvalue weighted by Crippen LogP contribution is 2.34. The SMILES string of the molecule is COc1ccc(N2C(=O)CC(N(CCN3CCOCC3)C(=O)C3CC3)C2=O)cc1. The molecule has 4 rings (SSSR count). The first-order valence-corrected chi connectivity index (χ1v) is 10.2. The van der Waals surface area contributed by atoms with E-state index in [1.165, 1.54) is 4.90 Å². The van der Waals surface area contributed by atoms with Crippen molar-refractivity contribution in [3.63, 3.8) is 0 Å². The van der Waals surface area contributed by atoms with Crippen LogP contribution in [0.1, 0.15) is 19.3 Å². The van der Waals surface area contributed by atoms with E-state index in [2.05, 4.69) is 4.90 Å². The van der Waals surface area contributed by atoms with E-state index in [9.17, 15) is 14.4 Å². The molecular weight excluding hydrogens is 374 g/mol. The van der Waals surface area contributed by atoms with Crippen molar-refractivity contribution >= 4 is 23.4 Å². The van der Waals surface area contributed by atoms with E-state index in [0.717, 1.165) is 25.9 Å². The van der Waals surface area contributed by atoms with E-state index >= 15 is 0 Å². The molecule has 0 spiro atoms. The van der Waals surface area contributed by atoms with Gasteiger partial charge in [-0.25, -0.2) is 4.90 Å². The second-order valence-corrected chi connectivity index (χ2v) is 7.75. The molecule has 1 aromatic carbocycles. The van der Waals surface area contributed by atoms with Gasteiger partial charge < -0.3 is 14.4 Å². The van der Waals surface area contributed by atoms with E-state index in [4.69, 9.17) is 9.47 Å². The van der Waals surface area contributed by atoms with Gasteiger partial charge in [-0.1, -0.05) is 0 Å². The summed E-state index contributed by atoms with van der Waals surface area (Å²) in [6.45, 7) is 4.14. The maximum Gasteiger partial charge on any atom is 0.257 e. The van der Waals surface area contributed by atoms with E-state index in [-0.39, 0.29) is 30.1 Å². The van der Waals surface area contributed by atoms with Crippen molar-refractivity contribution < 1.29 is 23.9 Å². The minimum atomic E-state index is -0.723. The summed E-state index contributed by atoms with van der Waals surface area (Å²) in [7, 11) is 1.56. The maximum atomic E-state index is 13.2. The highest BCUT2D eigenvalue weighted by atomic mass is 16.5. The molecule has 0 N–H and O–H groups in total. The fourth-order valence-corrected chi connectivity index (χ4v) is 3.92. The first-order chi connectivity index (χ1) is 14.1. The third-order valence-electron chi connectivity index (χ3n) is 5.80. The molecule has 2 aliphatic heterocycles. The Hall–Kier alpha value is -2.45. The molecule has 1 atom stereocenters. The standard InChI is InChI=1S/C21H27N3O5/c1-28-17-6-4-16(5-7-17)24-19(25)14-18(21(24)27)23(20(26)15-2-3-15)9-8-22-10-12-29-13-11-22/h4-7,15,18H,2-3,8-14H2,1H3. The Kier molecular flexibility index (Phi) is 5.82. The molecular formula is C21H27N3O5. The van der Waals surface area contributed by atoms with Gasteiger partial charge in [0, 0.05) is 32.1 Å². The molecule has 156 valence electrons. The van der Waals surface area contributed by atoms with E-state index in [0.29, 0.717) is 37.7 Å². The summed E-state index contributed by atoms with van der Waals surface area (Å²) in [6.07, 6.45) is 1.76. The predicted molar refractivity (Wildman–Crippen MR) is 106 cm³/mol. The Morgan fingerprint density at radius 2 is 1.86 bits per heavy atom. The molecule has 3 fully saturated rings. The highest BCUT2D eigenvalue weighted by molar-refractivity contribution is 6.23. The number of ether oxygens (including phenoxy) is 2. The van der Waals surface area contributed by atoms with Gasteiger partial charge in [0.05, 0.1) is 32.4 Å². The van der Waals surface area contributed by atoms with Gasteiger partial charge in [-0.2, -0.15) is 0 Å². The zero-order valence-corrected chi connectivity index (χ0v) is 16.7. The second kappa shape index (κ2) is 8.51. The minimum Gasteiger partial charge on any atom is -0.497 e. The molecule has 3 aliphatic rings. The van der Waals surface area contributed by atoms with E-state index in [1.807, 2.05) is 0 Å². The first-order valence-electron chi connectivity index (χ1n) is 10.2. The fraction of sp³-hybridized carbons (Fsp3) is 0.571. The summed E-state index contributed by atoms with van der Waals surface area (Å²) in [5, 5.41) is 0. The molecule has 0 aromatic heterocycles. The molecule has 29 heavy (non-hydrogen) atoms. The van der Waals surface area contributed by atoms with Crippen LogP contribution in [0.5, 0.6) is 5.75 Å². The number of imide groups is 1. The van der Waals surface area contributed by atoms with Gasteiger partial charge >= 0.3 is 0 Å². The van der Waals surface area contributed by atoms with Crippen LogP contribution in [0.15, 0.2) is 24.3 Å². The first kappa shape index (κ1) is 19.8. The molecule has 8 nitrogen and oxygen atoms in total. The topological polar surface area (TPSA) is 79.4 Å². The summed E-state index contributed by atoms with van der Waals surface area (Å²) >= 11 is 0. The second-order valence-electron chi connectivity index (χ2n) is 7.75. The highest BCUT2D eigenvalue weighted by Gasteiger charge is 2.46. The number of methoxy groups -OCH3 is 1. The fourth-order valence-electron chi connectivity index (χ4n) is 3.92. The van der Waals surface area contributed by atoms with Crippen molar-refractivity contribution in [2.24, 2.45) is 5.92 Å². The number of benzene rings is 1. The van der Waals surface area contributed by atoms with Crippen molar-refractivity contribution in [1.29, 1.82) is 0 Å². The minimum absolute atomic E-state index is 0.000917. The van der Waals surface area contributed by atoms with Crippen LogP contribution < -0.4 is 9.64 Å². The molecule has 8 heteroatoms. The predicted octanol–water partition coefficient (Wildman–Crippen LogP) is 0.898. The van der Waals surface area contributed by atoms with Crippen LogP contribution in [0, 0.1) is 5.92 Å². The van der Waals surface area contributed by atoms with Gasteiger partial charge in [-0.05, 0) is 37.1 Å². The Balaban J connectivity index is 1.49. The van der Waals surface area contributed by atoms with Crippen molar-refractivity contribution in [3.05, 3.63) is 24.3 Å². The monoisotopic (exact) mass is 401 g/mol. The Morgan fingerprint density at radius 1 is 1.17 bits per heavy atom. The number of carbonyl (C=O) groups excluding carboxylic acids is 3. The van der Waals surface area contributed by atoms with Crippen molar-refractivity contribution in [3.8, 4) is 5.75 Å².